The van der Waals surface area contributed by atoms with Gasteiger partial charge in [0.2, 0.25) is 0 Å². The number of carbonyl (C=O) groups excluding carboxylic acids is 1. The molecule has 2 aromatic rings. The van der Waals surface area contributed by atoms with E-state index in [0.717, 1.165) is 6.07 Å². The highest BCUT2D eigenvalue weighted by Gasteiger charge is 2.13. The Balaban J connectivity index is 2.19. The third kappa shape index (κ3) is 3.30. The van der Waals surface area contributed by atoms with Crippen molar-refractivity contribution in [2.75, 3.05) is 17.2 Å². The zero-order valence-electron chi connectivity index (χ0n) is 11.2. The van der Waals surface area contributed by atoms with Crippen LogP contribution in [0.5, 0.6) is 0 Å². The van der Waals surface area contributed by atoms with Gasteiger partial charge in [0.15, 0.2) is 5.69 Å². The number of nitrogens with one attached hydrogen (secondary N) is 2. The number of nitriles is 1. The minimum atomic E-state index is -0.691. The van der Waals surface area contributed by atoms with Gasteiger partial charge >= 0.3 is 0 Å². The van der Waals surface area contributed by atoms with E-state index in [1.165, 1.54) is 18.2 Å². The van der Waals surface area contributed by atoms with Gasteiger partial charge in [-0.3, -0.25) is 4.79 Å². The number of aromatic nitrogens is 2. The molecular formula is C14H12FN5O. The molecule has 0 aliphatic carbocycles. The van der Waals surface area contributed by atoms with Gasteiger partial charge in [0.1, 0.15) is 23.3 Å². The summed E-state index contributed by atoms with van der Waals surface area (Å²) in [7, 11) is 0. The summed E-state index contributed by atoms with van der Waals surface area (Å²) in [6, 6.07) is 8.82. The number of halogens is 1. The molecule has 1 amide bonds. The van der Waals surface area contributed by atoms with Crippen LogP contribution in [0.4, 0.5) is 15.9 Å². The number of hydrogen-bond acceptors (Lipinski definition) is 5. The van der Waals surface area contributed by atoms with Crippen LogP contribution in [-0.4, -0.2) is 22.6 Å². The number of rotatable bonds is 4. The molecule has 1 aromatic carbocycles. The highest BCUT2D eigenvalue weighted by Crippen LogP contribution is 2.18. The first-order valence-electron chi connectivity index (χ1n) is 6.23. The van der Waals surface area contributed by atoms with Crippen molar-refractivity contribution in [3.8, 4) is 6.07 Å². The molecule has 0 aliphatic heterocycles. The minimum Gasteiger partial charge on any atom is -0.369 e. The number of hydrogen-bond donors (Lipinski definition) is 2. The molecule has 0 fully saturated rings. The molecule has 0 radical (unpaired) electrons. The first kappa shape index (κ1) is 14.4. The second-order valence-corrected chi connectivity index (χ2v) is 4.06. The van der Waals surface area contributed by atoms with Crippen molar-refractivity contribution < 1.29 is 9.18 Å². The summed E-state index contributed by atoms with van der Waals surface area (Å²) >= 11 is 0. The summed E-state index contributed by atoms with van der Waals surface area (Å²) in [6.07, 6.45) is 0. The Kier molecular flexibility index (Phi) is 4.41. The van der Waals surface area contributed by atoms with Crippen molar-refractivity contribution in [1.29, 1.82) is 5.26 Å². The average molecular weight is 285 g/mol. The van der Waals surface area contributed by atoms with E-state index in [-0.39, 0.29) is 16.9 Å². The van der Waals surface area contributed by atoms with E-state index in [0.29, 0.717) is 12.4 Å². The molecule has 0 aliphatic rings. The number of carbonyl (C=O) groups is 1. The maximum atomic E-state index is 13.4. The molecule has 0 atom stereocenters. The second kappa shape index (κ2) is 6.43. The number of nitrogens with zero attached hydrogens (tertiary/aromatic N) is 3. The van der Waals surface area contributed by atoms with Gasteiger partial charge in [0.05, 0.1) is 5.69 Å². The van der Waals surface area contributed by atoms with Crippen LogP contribution in [0.2, 0.25) is 0 Å². The van der Waals surface area contributed by atoms with Gasteiger partial charge in [-0.15, -0.1) is 10.2 Å². The zero-order chi connectivity index (χ0) is 15.2. The Bertz CT molecular complexity index is 694. The topological polar surface area (TPSA) is 90.7 Å². The fourth-order valence-electron chi connectivity index (χ4n) is 1.66. The predicted molar refractivity (Wildman–Crippen MR) is 75.3 cm³/mol. The quantitative estimate of drug-likeness (QED) is 0.898. The molecular weight excluding hydrogens is 273 g/mol. The first-order valence-corrected chi connectivity index (χ1v) is 6.23. The highest BCUT2D eigenvalue weighted by molar-refractivity contribution is 6.03. The molecule has 1 aromatic heterocycles. The van der Waals surface area contributed by atoms with Crippen molar-refractivity contribution >= 4 is 17.4 Å². The third-order valence-corrected chi connectivity index (χ3v) is 2.63. The molecule has 0 saturated carbocycles. The van der Waals surface area contributed by atoms with E-state index in [1.54, 1.807) is 12.1 Å². The van der Waals surface area contributed by atoms with Gasteiger partial charge in [0.25, 0.3) is 5.91 Å². The van der Waals surface area contributed by atoms with Crippen molar-refractivity contribution in [2.24, 2.45) is 0 Å². The lowest BCUT2D eigenvalue weighted by Crippen LogP contribution is -2.16. The van der Waals surface area contributed by atoms with Crippen LogP contribution < -0.4 is 10.6 Å². The summed E-state index contributed by atoms with van der Waals surface area (Å²) in [5.41, 5.74) is -0.0482. The molecule has 2 N–H and O–H groups in total. The Hall–Kier alpha value is -3.01. The number of anilines is 2. The summed E-state index contributed by atoms with van der Waals surface area (Å²) in [5.74, 6) is -0.700. The molecule has 1 heterocycles. The van der Waals surface area contributed by atoms with E-state index in [2.05, 4.69) is 20.8 Å². The van der Waals surface area contributed by atoms with Crippen molar-refractivity contribution in [3.63, 3.8) is 0 Å². The molecule has 0 unspecified atom stereocenters. The van der Waals surface area contributed by atoms with Crippen LogP contribution in [0.1, 0.15) is 23.0 Å². The molecule has 2 rings (SSSR count). The largest absolute Gasteiger partial charge is 0.369 e. The van der Waals surface area contributed by atoms with Crippen LogP contribution in [0.15, 0.2) is 30.3 Å². The molecule has 106 valence electrons. The van der Waals surface area contributed by atoms with E-state index in [9.17, 15) is 9.18 Å². The normalized spacial score (nSPS) is 9.76. The summed E-state index contributed by atoms with van der Waals surface area (Å²) < 4.78 is 13.4. The average Bonchev–Trinajstić information content (AvgIpc) is 2.48. The maximum Gasteiger partial charge on any atom is 0.276 e. The van der Waals surface area contributed by atoms with Crippen molar-refractivity contribution in [3.05, 3.63) is 47.4 Å². The fraction of sp³-hybridized carbons (Fsp3) is 0.143. The molecule has 0 saturated heterocycles. The minimum absolute atomic E-state index is 0.0739. The lowest BCUT2D eigenvalue weighted by atomic mass is 10.2. The van der Waals surface area contributed by atoms with Crippen LogP contribution in [0.3, 0.4) is 0 Å². The Morgan fingerprint density at radius 2 is 2.14 bits per heavy atom. The monoisotopic (exact) mass is 285 g/mol. The number of amides is 1. The lowest BCUT2D eigenvalue weighted by molar-refractivity contribution is 0.102. The van der Waals surface area contributed by atoms with E-state index in [4.69, 9.17) is 5.26 Å². The van der Waals surface area contributed by atoms with Gasteiger partial charge in [-0.2, -0.15) is 5.26 Å². The van der Waals surface area contributed by atoms with Crippen LogP contribution in [0.25, 0.3) is 0 Å². The van der Waals surface area contributed by atoms with Crippen LogP contribution >= 0.6 is 0 Å². The van der Waals surface area contributed by atoms with E-state index < -0.39 is 11.7 Å². The van der Waals surface area contributed by atoms with Crippen molar-refractivity contribution in [2.45, 2.75) is 6.92 Å². The standard InChI is InChI=1S/C14H12FN5O/c1-2-17-13-7-6-12(19-20-13)14(21)18-11-5-3-4-10(15)9(11)8-16/h3-7H,2H2,1H3,(H,17,20)(H,18,21). The zero-order valence-corrected chi connectivity index (χ0v) is 11.2. The third-order valence-electron chi connectivity index (χ3n) is 2.63. The highest BCUT2D eigenvalue weighted by atomic mass is 19.1. The Morgan fingerprint density at radius 1 is 1.33 bits per heavy atom. The molecule has 21 heavy (non-hydrogen) atoms. The SMILES string of the molecule is CCNc1ccc(C(=O)Nc2cccc(F)c2C#N)nn1. The van der Waals surface area contributed by atoms with Gasteiger partial charge < -0.3 is 10.6 Å². The predicted octanol–water partition coefficient (Wildman–Crippen LogP) is 2.17. The first-order chi connectivity index (χ1) is 10.2. The molecule has 7 heteroatoms. The second-order valence-electron chi connectivity index (χ2n) is 4.06. The smallest absolute Gasteiger partial charge is 0.276 e. The maximum absolute atomic E-state index is 13.4. The van der Waals surface area contributed by atoms with Crippen LogP contribution in [-0.2, 0) is 0 Å². The van der Waals surface area contributed by atoms with Crippen LogP contribution in [0, 0.1) is 17.1 Å². The van der Waals surface area contributed by atoms with Crippen molar-refractivity contribution in [1.82, 2.24) is 10.2 Å². The Labute approximate surface area is 120 Å². The number of benzene rings is 1. The van der Waals surface area contributed by atoms with Gasteiger partial charge in [-0.25, -0.2) is 4.39 Å². The summed E-state index contributed by atoms with van der Waals surface area (Å²) in [5, 5.41) is 21.9. The van der Waals surface area contributed by atoms with E-state index in [1.807, 2.05) is 6.92 Å². The molecule has 6 nitrogen and oxygen atoms in total. The fourth-order valence-corrected chi connectivity index (χ4v) is 1.66. The lowest BCUT2D eigenvalue weighted by Gasteiger charge is -2.07. The summed E-state index contributed by atoms with van der Waals surface area (Å²) in [6.45, 7) is 2.60. The summed E-state index contributed by atoms with van der Waals surface area (Å²) in [4.78, 5) is 12.0. The molecule has 0 bridgehead atoms. The van der Waals surface area contributed by atoms with Gasteiger partial charge in [-0.1, -0.05) is 6.07 Å². The molecule has 0 spiro atoms. The van der Waals surface area contributed by atoms with Gasteiger partial charge in [-0.05, 0) is 31.2 Å². The van der Waals surface area contributed by atoms with Gasteiger partial charge in [0, 0.05) is 6.54 Å². The van der Waals surface area contributed by atoms with E-state index >= 15 is 0 Å². The Morgan fingerprint density at radius 3 is 2.76 bits per heavy atom.